The topological polar surface area (TPSA) is 6.48 Å². The van der Waals surface area contributed by atoms with Gasteiger partial charge in [0.1, 0.15) is 0 Å². The molecule has 61 heavy (non-hydrogen) atoms. The van der Waals surface area contributed by atoms with E-state index < -0.39 is 0 Å². The molecule has 0 bridgehead atoms. The number of para-hydroxylation sites is 3. The van der Waals surface area contributed by atoms with Crippen LogP contribution in [0.3, 0.4) is 0 Å². The minimum Gasteiger partial charge on any atom is -0.309 e. The molecule has 0 N–H and O–H groups in total. The first-order valence-electron chi connectivity index (χ1n) is 21.2. The van der Waals surface area contributed by atoms with Gasteiger partial charge in [0.2, 0.25) is 0 Å². The van der Waals surface area contributed by atoms with Crippen molar-refractivity contribution in [3.63, 3.8) is 0 Å². The van der Waals surface area contributed by atoms with Gasteiger partial charge in [-0.1, -0.05) is 207 Å². The Hall–Kier alpha value is -7.13. The molecule has 0 saturated carbocycles. The molecule has 0 spiro atoms. The van der Waals surface area contributed by atoms with Gasteiger partial charge in [-0.25, -0.2) is 0 Å². The van der Waals surface area contributed by atoms with Crippen molar-refractivity contribution in [3.05, 3.63) is 241 Å². The Bertz CT molecular complexity index is 2730. The molecular formula is C58H47ClN2. The second-order valence-electron chi connectivity index (χ2n) is 15.3. The maximum Gasteiger partial charge on any atom is 0.0618 e. The molecule has 0 aliphatic rings. The average molecular weight is 807 g/mol. The first-order valence-corrected chi connectivity index (χ1v) is 21.6. The van der Waals surface area contributed by atoms with Gasteiger partial charge in [0.05, 0.1) is 11.4 Å². The summed E-state index contributed by atoms with van der Waals surface area (Å²) in [4.78, 5) is 4.90. The molecule has 0 saturated heterocycles. The monoisotopic (exact) mass is 806 g/mol. The zero-order chi connectivity index (χ0) is 41.4. The van der Waals surface area contributed by atoms with Crippen LogP contribution in [0.4, 0.5) is 34.1 Å². The Kier molecular flexibility index (Phi) is 11.9. The van der Waals surface area contributed by atoms with Crippen LogP contribution < -0.4 is 9.80 Å². The predicted molar refractivity (Wildman–Crippen MR) is 261 cm³/mol. The highest BCUT2D eigenvalue weighted by Gasteiger charge is 2.26. The number of hydrogen-bond donors (Lipinski definition) is 0. The minimum absolute atomic E-state index is 0.679. The molecule has 0 aliphatic heterocycles. The van der Waals surface area contributed by atoms with Crippen molar-refractivity contribution >= 4 is 45.7 Å². The fourth-order valence-electron chi connectivity index (χ4n) is 8.42. The van der Waals surface area contributed by atoms with Gasteiger partial charge in [0.15, 0.2) is 0 Å². The third-order valence-electron chi connectivity index (χ3n) is 11.2. The maximum atomic E-state index is 6.94. The van der Waals surface area contributed by atoms with Gasteiger partial charge in [-0.3, -0.25) is 0 Å². The van der Waals surface area contributed by atoms with E-state index in [1.54, 1.807) is 0 Å². The van der Waals surface area contributed by atoms with Crippen LogP contribution >= 0.6 is 11.6 Å². The third kappa shape index (κ3) is 8.50. The summed E-state index contributed by atoms with van der Waals surface area (Å²) in [6.07, 6.45) is 3.09. The van der Waals surface area contributed by atoms with E-state index in [9.17, 15) is 0 Å². The van der Waals surface area contributed by atoms with Crippen LogP contribution in [0.2, 0.25) is 5.02 Å². The Morgan fingerprint density at radius 3 is 1.10 bits per heavy atom. The summed E-state index contributed by atoms with van der Waals surface area (Å²) >= 11 is 6.94. The Balaban J connectivity index is 1.38. The molecule has 0 fully saturated rings. The van der Waals surface area contributed by atoms with Crippen LogP contribution in [-0.2, 0) is 6.42 Å². The van der Waals surface area contributed by atoms with Crippen molar-refractivity contribution in [3.8, 4) is 44.5 Å². The van der Waals surface area contributed by atoms with Gasteiger partial charge in [-0.2, -0.15) is 0 Å². The highest BCUT2D eigenvalue weighted by atomic mass is 35.5. The third-order valence-corrected chi connectivity index (χ3v) is 11.5. The molecule has 0 heterocycles. The summed E-state index contributed by atoms with van der Waals surface area (Å²) in [5.74, 6) is 0. The number of benzene rings is 9. The van der Waals surface area contributed by atoms with Crippen LogP contribution in [0.15, 0.2) is 231 Å². The normalized spacial score (nSPS) is 11.0. The van der Waals surface area contributed by atoms with Crippen molar-refractivity contribution in [2.45, 2.75) is 26.2 Å². The van der Waals surface area contributed by atoms with Crippen LogP contribution in [0, 0.1) is 0 Å². The number of nitrogens with zero attached hydrogens (tertiary/aromatic N) is 2. The number of halogens is 1. The van der Waals surface area contributed by atoms with E-state index in [2.05, 4.69) is 241 Å². The van der Waals surface area contributed by atoms with Crippen molar-refractivity contribution in [2.75, 3.05) is 9.80 Å². The Morgan fingerprint density at radius 1 is 0.344 bits per heavy atom. The first kappa shape index (κ1) is 39.3. The van der Waals surface area contributed by atoms with Crippen molar-refractivity contribution < 1.29 is 0 Å². The van der Waals surface area contributed by atoms with E-state index in [1.165, 1.54) is 5.56 Å². The highest BCUT2D eigenvalue weighted by Crippen LogP contribution is 2.51. The molecule has 9 rings (SSSR count). The van der Waals surface area contributed by atoms with Gasteiger partial charge >= 0.3 is 0 Å². The Morgan fingerprint density at radius 2 is 0.705 bits per heavy atom. The lowest BCUT2D eigenvalue weighted by atomic mass is 9.93. The molecule has 0 radical (unpaired) electrons. The SMILES string of the molecule is CCCCc1cc(N(c2ccccc2)c2c(-c3ccccc3)cccc2-c2ccccc2)cc(N(c2cccc(Cl)c2)c2c(-c3ccccc3)cccc2-c2ccccc2)c1. The van der Waals surface area contributed by atoms with Crippen molar-refractivity contribution in [2.24, 2.45) is 0 Å². The smallest absolute Gasteiger partial charge is 0.0618 e. The number of aryl methyl sites for hydroxylation is 1. The molecule has 9 aromatic carbocycles. The maximum absolute atomic E-state index is 6.94. The molecule has 0 aromatic heterocycles. The van der Waals surface area contributed by atoms with E-state index in [-0.39, 0.29) is 0 Å². The molecule has 0 atom stereocenters. The second-order valence-corrected chi connectivity index (χ2v) is 15.8. The number of anilines is 6. The second kappa shape index (κ2) is 18.4. The summed E-state index contributed by atoms with van der Waals surface area (Å²) in [5, 5.41) is 0.679. The van der Waals surface area contributed by atoms with E-state index in [1.807, 2.05) is 6.07 Å². The largest absolute Gasteiger partial charge is 0.309 e. The van der Waals surface area contributed by atoms with Crippen LogP contribution in [0.1, 0.15) is 25.3 Å². The molecule has 0 aliphatic carbocycles. The van der Waals surface area contributed by atoms with Crippen LogP contribution in [-0.4, -0.2) is 0 Å². The number of rotatable bonds is 13. The van der Waals surface area contributed by atoms with Gasteiger partial charge < -0.3 is 9.80 Å². The van der Waals surface area contributed by atoms with E-state index in [0.29, 0.717) is 5.02 Å². The molecule has 0 unspecified atom stereocenters. The van der Waals surface area contributed by atoms with Gasteiger partial charge in [-0.15, -0.1) is 0 Å². The summed E-state index contributed by atoms with van der Waals surface area (Å²) in [6, 6.07) is 82.6. The molecule has 0 amide bonds. The highest BCUT2D eigenvalue weighted by molar-refractivity contribution is 6.31. The molecule has 3 heteroatoms. The summed E-state index contributed by atoms with van der Waals surface area (Å²) in [5.41, 5.74) is 16.8. The minimum atomic E-state index is 0.679. The number of hydrogen-bond acceptors (Lipinski definition) is 2. The zero-order valence-electron chi connectivity index (χ0n) is 34.3. The van der Waals surface area contributed by atoms with Crippen LogP contribution in [0.5, 0.6) is 0 Å². The van der Waals surface area contributed by atoms with Gasteiger partial charge in [0.25, 0.3) is 0 Å². The predicted octanol–water partition coefficient (Wildman–Crippen LogP) is 17.3. The lowest BCUT2D eigenvalue weighted by Crippen LogP contribution is -2.16. The fourth-order valence-corrected chi connectivity index (χ4v) is 8.60. The van der Waals surface area contributed by atoms with Gasteiger partial charge in [0, 0.05) is 50.0 Å². The van der Waals surface area contributed by atoms with Gasteiger partial charge in [-0.05, 0) is 89.2 Å². The zero-order valence-corrected chi connectivity index (χ0v) is 35.1. The van der Waals surface area contributed by atoms with E-state index in [0.717, 1.165) is 97.9 Å². The fraction of sp³-hybridized carbons (Fsp3) is 0.0690. The van der Waals surface area contributed by atoms with Crippen LogP contribution in [0.25, 0.3) is 44.5 Å². The molecule has 9 aromatic rings. The lowest BCUT2D eigenvalue weighted by Gasteiger charge is -2.34. The summed E-state index contributed by atoms with van der Waals surface area (Å²) in [6.45, 7) is 2.27. The van der Waals surface area contributed by atoms with E-state index in [4.69, 9.17) is 11.6 Å². The average Bonchev–Trinajstić information content (AvgIpc) is 3.32. The summed E-state index contributed by atoms with van der Waals surface area (Å²) in [7, 11) is 0. The lowest BCUT2D eigenvalue weighted by molar-refractivity contribution is 0.795. The summed E-state index contributed by atoms with van der Waals surface area (Å²) < 4.78 is 0. The van der Waals surface area contributed by atoms with Crippen molar-refractivity contribution in [1.82, 2.24) is 0 Å². The quantitative estimate of drug-likeness (QED) is 0.114. The number of unbranched alkanes of at least 4 members (excludes halogenated alkanes) is 1. The Labute approximate surface area is 365 Å². The van der Waals surface area contributed by atoms with Crippen molar-refractivity contribution in [1.29, 1.82) is 0 Å². The molecule has 296 valence electrons. The first-order chi connectivity index (χ1) is 30.2. The van der Waals surface area contributed by atoms with E-state index >= 15 is 0 Å². The molecule has 2 nitrogen and oxygen atoms in total. The standard InChI is InChI=1S/C58H47ClN2/c1-2-3-22-43-39-51(60(49-32-17-8-18-33-49)57-53(44-23-9-4-10-24-44)35-20-36-54(57)45-25-11-5-12-26-45)42-52(40-43)61(50-34-19-31-48(59)41-50)58-55(46-27-13-6-14-28-46)37-21-38-56(58)47-29-15-7-16-30-47/h4-21,23-42H,2-3,22H2,1H3. The molecular weight excluding hydrogens is 760 g/mol.